The lowest BCUT2D eigenvalue weighted by Gasteiger charge is -2.26. The second-order valence-electron chi connectivity index (χ2n) is 5.50. The Bertz CT molecular complexity index is 342. The molecule has 0 aromatic carbocycles. The molecule has 3 unspecified atom stereocenters. The summed E-state index contributed by atoms with van der Waals surface area (Å²) in [6, 6.07) is 0.133. The second-order valence-corrected chi connectivity index (χ2v) is 7.72. The van der Waals surface area contributed by atoms with Gasteiger partial charge < -0.3 is 10.4 Å². The van der Waals surface area contributed by atoms with Gasteiger partial charge >= 0.3 is 0 Å². The summed E-state index contributed by atoms with van der Waals surface area (Å²) in [6.07, 6.45) is 5.23. The van der Waals surface area contributed by atoms with Gasteiger partial charge in [0.2, 0.25) is 0 Å². The Morgan fingerprint density at radius 2 is 1.88 bits per heavy atom. The van der Waals surface area contributed by atoms with Crippen molar-refractivity contribution in [1.82, 2.24) is 5.32 Å². The zero-order valence-corrected chi connectivity index (χ0v) is 11.1. The average Bonchev–Trinajstić information content (AvgIpc) is 2.72. The third-order valence-electron chi connectivity index (χ3n) is 4.18. The molecule has 1 aliphatic carbocycles. The first-order chi connectivity index (χ1) is 8.11. The predicted molar refractivity (Wildman–Crippen MR) is 67.6 cm³/mol. The predicted octanol–water partition coefficient (Wildman–Crippen LogP) is 0.562. The molecule has 3 atom stereocenters. The van der Waals surface area contributed by atoms with Gasteiger partial charge in [-0.1, -0.05) is 6.42 Å². The molecule has 0 aromatic rings. The van der Waals surface area contributed by atoms with E-state index in [0.29, 0.717) is 23.3 Å². The molecule has 2 rings (SSSR count). The van der Waals surface area contributed by atoms with Crippen molar-refractivity contribution in [2.24, 2.45) is 11.8 Å². The Labute approximate surface area is 104 Å². The van der Waals surface area contributed by atoms with Gasteiger partial charge in [-0.25, -0.2) is 8.42 Å². The monoisotopic (exact) mass is 261 g/mol. The van der Waals surface area contributed by atoms with Gasteiger partial charge in [0.15, 0.2) is 9.84 Å². The molecule has 5 heteroatoms. The largest absolute Gasteiger partial charge is 0.396 e. The molecular weight excluding hydrogens is 238 g/mol. The van der Waals surface area contributed by atoms with Crippen molar-refractivity contribution in [3.63, 3.8) is 0 Å². The molecule has 2 aliphatic rings. The number of hydrogen-bond donors (Lipinski definition) is 2. The summed E-state index contributed by atoms with van der Waals surface area (Å²) >= 11 is 0. The van der Waals surface area contributed by atoms with Gasteiger partial charge in [-0.2, -0.15) is 0 Å². The van der Waals surface area contributed by atoms with E-state index in [0.717, 1.165) is 32.2 Å². The van der Waals surface area contributed by atoms with E-state index < -0.39 is 9.84 Å². The lowest BCUT2D eigenvalue weighted by atomic mass is 9.96. The smallest absolute Gasteiger partial charge is 0.151 e. The van der Waals surface area contributed by atoms with Crippen LogP contribution in [0.15, 0.2) is 0 Å². The van der Waals surface area contributed by atoms with Crippen LogP contribution in [0.1, 0.15) is 32.1 Å². The van der Waals surface area contributed by atoms with E-state index in [4.69, 9.17) is 0 Å². The van der Waals surface area contributed by atoms with Crippen molar-refractivity contribution in [2.75, 3.05) is 24.7 Å². The molecule has 0 aromatic heterocycles. The first kappa shape index (κ1) is 13.3. The third-order valence-corrected chi connectivity index (χ3v) is 6.00. The van der Waals surface area contributed by atoms with Crippen molar-refractivity contribution in [3.05, 3.63) is 0 Å². The number of sulfone groups is 1. The maximum Gasteiger partial charge on any atom is 0.151 e. The average molecular weight is 261 g/mol. The van der Waals surface area contributed by atoms with Crippen molar-refractivity contribution in [3.8, 4) is 0 Å². The van der Waals surface area contributed by atoms with E-state index in [1.807, 2.05) is 0 Å². The van der Waals surface area contributed by atoms with E-state index in [9.17, 15) is 13.5 Å². The van der Waals surface area contributed by atoms with Crippen LogP contribution in [-0.4, -0.2) is 44.2 Å². The fourth-order valence-electron chi connectivity index (χ4n) is 3.12. The molecule has 100 valence electrons. The zero-order chi connectivity index (χ0) is 12.3. The van der Waals surface area contributed by atoms with Gasteiger partial charge in [0.05, 0.1) is 11.5 Å². The Hall–Kier alpha value is -0.130. The van der Waals surface area contributed by atoms with Crippen LogP contribution in [-0.2, 0) is 9.84 Å². The minimum atomic E-state index is -2.81. The van der Waals surface area contributed by atoms with E-state index in [1.165, 1.54) is 6.42 Å². The van der Waals surface area contributed by atoms with Gasteiger partial charge in [0.1, 0.15) is 0 Å². The second kappa shape index (κ2) is 5.67. The van der Waals surface area contributed by atoms with Crippen LogP contribution in [0.3, 0.4) is 0 Å². The van der Waals surface area contributed by atoms with E-state index in [-0.39, 0.29) is 12.6 Å². The van der Waals surface area contributed by atoms with E-state index in [1.54, 1.807) is 0 Å². The lowest BCUT2D eigenvalue weighted by molar-refractivity contribution is 0.190. The summed E-state index contributed by atoms with van der Waals surface area (Å²) in [6.45, 7) is 1.14. The van der Waals surface area contributed by atoms with Crippen LogP contribution in [0, 0.1) is 11.8 Å². The Morgan fingerprint density at radius 1 is 1.12 bits per heavy atom. The van der Waals surface area contributed by atoms with Gasteiger partial charge in [0.25, 0.3) is 0 Å². The number of aliphatic hydroxyl groups excluding tert-OH is 1. The highest BCUT2D eigenvalue weighted by Crippen LogP contribution is 2.30. The summed E-state index contributed by atoms with van der Waals surface area (Å²) in [4.78, 5) is 0. The molecule has 0 amide bonds. The summed E-state index contributed by atoms with van der Waals surface area (Å²) in [5.41, 5.74) is 0. The van der Waals surface area contributed by atoms with Gasteiger partial charge in [-0.15, -0.1) is 0 Å². The fourth-order valence-corrected chi connectivity index (χ4v) is 4.80. The van der Waals surface area contributed by atoms with E-state index >= 15 is 0 Å². The van der Waals surface area contributed by atoms with Gasteiger partial charge in [-0.3, -0.25) is 0 Å². The molecule has 0 bridgehead atoms. The first-order valence-electron chi connectivity index (χ1n) is 6.65. The molecule has 1 aliphatic heterocycles. The molecule has 1 saturated carbocycles. The highest BCUT2D eigenvalue weighted by molar-refractivity contribution is 7.91. The maximum atomic E-state index is 11.5. The van der Waals surface area contributed by atoms with Crippen LogP contribution in [0.5, 0.6) is 0 Å². The van der Waals surface area contributed by atoms with Crippen molar-refractivity contribution in [1.29, 1.82) is 0 Å². The molecule has 17 heavy (non-hydrogen) atoms. The van der Waals surface area contributed by atoms with Crippen LogP contribution < -0.4 is 5.32 Å². The zero-order valence-electron chi connectivity index (χ0n) is 10.3. The fraction of sp³-hybridized carbons (Fsp3) is 1.00. The Morgan fingerprint density at radius 3 is 2.59 bits per heavy atom. The van der Waals surface area contributed by atoms with Gasteiger partial charge in [0, 0.05) is 12.6 Å². The number of rotatable bonds is 4. The molecule has 0 radical (unpaired) electrons. The lowest BCUT2D eigenvalue weighted by Crippen LogP contribution is -2.42. The van der Waals surface area contributed by atoms with Gasteiger partial charge in [-0.05, 0) is 44.1 Å². The summed E-state index contributed by atoms with van der Waals surface area (Å²) in [5, 5.41) is 12.6. The molecule has 1 heterocycles. The quantitative estimate of drug-likeness (QED) is 0.776. The van der Waals surface area contributed by atoms with E-state index in [2.05, 4.69) is 5.32 Å². The Kier molecular flexibility index (Phi) is 4.44. The minimum absolute atomic E-state index is 0.133. The highest BCUT2D eigenvalue weighted by atomic mass is 32.2. The Balaban J connectivity index is 1.78. The molecule has 1 saturated heterocycles. The SMILES string of the molecule is O=S1(=O)CCCC(NCC2CCCC2CO)C1. The van der Waals surface area contributed by atoms with Crippen LogP contribution in [0.4, 0.5) is 0 Å². The highest BCUT2D eigenvalue weighted by Gasteiger charge is 2.29. The number of nitrogens with one attached hydrogen (secondary N) is 1. The van der Waals surface area contributed by atoms with Crippen molar-refractivity contribution >= 4 is 9.84 Å². The topological polar surface area (TPSA) is 66.4 Å². The summed E-state index contributed by atoms with van der Waals surface area (Å²) < 4.78 is 23.0. The molecule has 0 spiro atoms. The van der Waals surface area contributed by atoms with Crippen molar-refractivity contribution in [2.45, 2.75) is 38.1 Å². The summed E-state index contributed by atoms with van der Waals surface area (Å²) in [7, 11) is -2.81. The molecule has 2 N–H and O–H groups in total. The summed E-state index contributed by atoms with van der Waals surface area (Å²) in [5.74, 6) is 1.60. The molecule has 4 nitrogen and oxygen atoms in total. The molecule has 2 fully saturated rings. The van der Waals surface area contributed by atoms with Crippen LogP contribution in [0.2, 0.25) is 0 Å². The number of hydrogen-bond acceptors (Lipinski definition) is 4. The van der Waals surface area contributed by atoms with Crippen LogP contribution >= 0.6 is 0 Å². The molecular formula is C12H23NO3S. The standard InChI is InChI=1S/C12H23NO3S/c14-8-11-4-1-3-10(11)7-13-12-5-2-6-17(15,16)9-12/h10-14H,1-9H2. The minimum Gasteiger partial charge on any atom is -0.396 e. The maximum absolute atomic E-state index is 11.5. The first-order valence-corrected chi connectivity index (χ1v) is 8.47. The third kappa shape index (κ3) is 3.66. The number of aliphatic hydroxyl groups is 1. The normalized spacial score (nSPS) is 37.1. The van der Waals surface area contributed by atoms with Crippen LogP contribution in [0.25, 0.3) is 0 Å². The van der Waals surface area contributed by atoms with Crippen molar-refractivity contribution < 1.29 is 13.5 Å².